The molecule has 0 aliphatic rings. The summed E-state index contributed by atoms with van der Waals surface area (Å²) in [6, 6.07) is 9.73. The van der Waals surface area contributed by atoms with Crippen LogP contribution in [-0.4, -0.2) is 56.4 Å². The molecular formula is C22H30N4O6S. The van der Waals surface area contributed by atoms with Gasteiger partial charge in [0.2, 0.25) is 0 Å². The molecule has 1 amide bonds. The SMILES string of the molecule is COc1ccc([N+](=O)[O-])cc1NS(=O)(=O)c1ccc(C(=O)NCCN(C(C)C)C(C)C)cc1. The van der Waals surface area contributed by atoms with E-state index in [0.29, 0.717) is 30.7 Å². The molecule has 0 fully saturated rings. The summed E-state index contributed by atoms with van der Waals surface area (Å²) in [6.45, 7) is 9.54. The average Bonchev–Trinajstić information content (AvgIpc) is 2.75. The molecule has 11 heteroatoms. The van der Waals surface area contributed by atoms with Gasteiger partial charge < -0.3 is 10.1 Å². The summed E-state index contributed by atoms with van der Waals surface area (Å²) in [7, 11) is -2.74. The molecule has 2 N–H and O–H groups in total. The van der Waals surface area contributed by atoms with Gasteiger partial charge in [0, 0.05) is 42.9 Å². The number of carbonyl (C=O) groups excluding carboxylic acids is 1. The number of hydrogen-bond donors (Lipinski definition) is 2. The van der Waals surface area contributed by atoms with Crippen LogP contribution in [0.2, 0.25) is 0 Å². The number of benzene rings is 2. The summed E-state index contributed by atoms with van der Waals surface area (Å²) in [5.74, 6) is -0.170. The smallest absolute Gasteiger partial charge is 0.271 e. The van der Waals surface area contributed by atoms with Gasteiger partial charge in [-0.25, -0.2) is 8.42 Å². The highest BCUT2D eigenvalue weighted by Gasteiger charge is 2.20. The molecule has 2 aromatic rings. The summed E-state index contributed by atoms with van der Waals surface area (Å²) in [6.07, 6.45) is 0. The molecule has 0 unspecified atom stereocenters. The Hall–Kier alpha value is -3.18. The van der Waals surface area contributed by atoms with Crippen molar-refractivity contribution in [3.63, 3.8) is 0 Å². The third-order valence-electron chi connectivity index (χ3n) is 5.05. The van der Waals surface area contributed by atoms with Crippen LogP contribution in [0.5, 0.6) is 5.75 Å². The van der Waals surface area contributed by atoms with Gasteiger partial charge in [0.25, 0.3) is 21.6 Å². The second kappa shape index (κ2) is 11.1. The largest absolute Gasteiger partial charge is 0.495 e. The molecule has 0 radical (unpaired) electrons. The number of nitro groups is 1. The van der Waals surface area contributed by atoms with Crippen LogP contribution in [0.25, 0.3) is 0 Å². The van der Waals surface area contributed by atoms with Crippen LogP contribution in [0.1, 0.15) is 38.1 Å². The number of rotatable bonds is 11. The van der Waals surface area contributed by atoms with Crippen molar-refractivity contribution in [1.82, 2.24) is 10.2 Å². The normalized spacial score (nSPS) is 11.6. The predicted molar refractivity (Wildman–Crippen MR) is 126 cm³/mol. The van der Waals surface area contributed by atoms with Gasteiger partial charge in [-0.3, -0.25) is 24.5 Å². The van der Waals surface area contributed by atoms with Gasteiger partial charge in [-0.1, -0.05) is 0 Å². The van der Waals surface area contributed by atoms with E-state index in [1.165, 1.54) is 43.5 Å². The number of nitrogens with one attached hydrogen (secondary N) is 2. The lowest BCUT2D eigenvalue weighted by atomic mass is 10.2. The fourth-order valence-electron chi connectivity index (χ4n) is 3.39. The minimum atomic E-state index is -4.07. The van der Waals surface area contributed by atoms with Gasteiger partial charge in [0.15, 0.2) is 0 Å². The van der Waals surface area contributed by atoms with Gasteiger partial charge in [0.05, 0.1) is 22.6 Å². The molecule has 180 valence electrons. The number of nitrogens with zero attached hydrogens (tertiary/aromatic N) is 2. The molecule has 2 aromatic carbocycles. The van der Waals surface area contributed by atoms with E-state index in [0.717, 1.165) is 6.07 Å². The predicted octanol–water partition coefficient (Wildman–Crippen LogP) is 3.25. The first-order valence-corrected chi connectivity index (χ1v) is 11.9. The molecule has 10 nitrogen and oxygen atoms in total. The highest BCUT2D eigenvalue weighted by Crippen LogP contribution is 2.30. The Labute approximate surface area is 194 Å². The van der Waals surface area contributed by atoms with E-state index in [2.05, 4.69) is 42.6 Å². The molecule has 0 saturated carbocycles. The molecule has 33 heavy (non-hydrogen) atoms. The molecule has 0 aromatic heterocycles. The van der Waals surface area contributed by atoms with Gasteiger partial charge in [-0.15, -0.1) is 0 Å². The van der Waals surface area contributed by atoms with Gasteiger partial charge in [-0.05, 0) is 58.0 Å². The number of sulfonamides is 1. The van der Waals surface area contributed by atoms with Gasteiger partial charge in [0.1, 0.15) is 5.75 Å². The fourth-order valence-corrected chi connectivity index (χ4v) is 4.45. The summed E-state index contributed by atoms with van der Waals surface area (Å²) < 4.78 is 32.9. The molecular weight excluding hydrogens is 448 g/mol. The van der Waals surface area contributed by atoms with Crippen molar-refractivity contribution < 1.29 is 22.9 Å². The Morgan fingerprint density at radius 2 is 1.70 bits per heavy atom. The van der Waals surface area contributed by atoms with Crippen LogP contribution < -0.4 is 14.8 Å². The van der Waals surface area contributed by atoms with Crippen LogP contribution in [0, 0.1) is 10.1 Å². The van der Waals surface area contributed by atoms with Crippen LogP contribution in [0.4, 0.5) is 11.4 Å². The number of non-ortho nitro benzene ring substituents is 1. The number of amides is 1. The Bertz CT molecular complexity index is 1080. The maximum absolute atomic E-state index is 12.8. The van der Waals surface area contributed by atoms with Crippen molar-refractivity contribution >= 4 is 27.3 Å². The molecule has 0 aliphatic heterocycles. The molecule has 0 saturated heterocycles. The van der Waals surface area contributed by atoms with Crippen LogP contribution in [0.3, 0.4) is 0 Å². The van der Waals surface area contributed by atoms with E-state index < -0.39 is 14.9 Å². The fraction of sp³-hybridized carbons (Fsp3) is 0.409. The summed E-state index contributed by atoms with van der Waals surface area (Å²) in [4.78, 5) is 25.0. The molecule has 0 heterocycles. The van der Waals surface area contributed by atoms with Gasteiger partial charge >= 0.3 is 0 Å². The number of hydrogen-bond acceptors (Lipinski definition) is 7. The van der Waals surface area contributed by atoms with Crippen molar-refractivity contribution in [2.75, 3.05) is 24.9 Å². The number of nitro benzene ring substituents is 1. The zero-order chi connectivity index (χ0) is 24.8. The maximum atomic E-state index is 12.8. The highest BCUT2D eigenvalue weighted by molar-refractivity contribution is 7.92. The lowest BCUT2D eigenvalue weighted by Crippen LogP contribution is -2.42. The molecule has 0 aliphatic carbocycles. The van der Waals surface area contributed by atoms with Crippen molar-refractivity contribution in [3.8, 4) is 5.75 Å². The van der Waals surface area contributed by atoms with E-state index in [1.54, 1.807) is 0 Å². The van der Waals surface area contributed by atoms with E-state index in [1.807, 2.05) is 0 Å². The summed E-state index contributed by atoms with van der Waals surface area (Å²) in [5.41, 5.74) is -0.0232. The lowest BCUT2D eigenvalue weighted by Gasteiger charge is -2.30. The summed E-state index contributed by atoms with van der Waals surface area (Å²) >= 11 is 0. The van der Waals surface area contributed by atoms with Crippen molar-refractivity contribution in [2.24, 2.45) is 0 Å². The van der Waals surface area contributed by atoms with E-state index >= 15 is 0 Å². The van der Waals surface area contributed by atoms with Crippen molar-refractivity contribution in [3.05, 3.63) is 58.1 Å². The topological polar surface area (TPSA) is 131 Å². The molecule has 0 spiro atoms. The second-order valence-electron chi connectivity index (χ2n) is 7.95. The van der Waals surface area contributed by atoms with Crippen LogP contribution in [0.15, 0.2) is 47.4 Å². The first-order chi connectivity index (χ1) is 15.5. The van der Waals surface area contributed by atoms with Gasteiger partial charge in [-0.2, -0.15) is 0 Å². The minimum absolute atomic E-state index is 0.0617. The first kappa shape index (κ1) is 26.1. The quantitative estimate of drug-likeness (QED) is 0.374. The molecule has 0 bridgehead atoms. The number of ether oxygens (including phenoxy) is 1. The zero-order valence-corrected chi connectivity index (χ0v) is 20.2. The minimum Gasteiger partial charge on any atom is -0.495 e. The second-order valence-corrected chi connectivity index (χ2v) is 9.64. The standard InChI is InChI=1S/C22H30N4O6S/c1-15(2)25(16(3)4)13-12-23-22(27)17-6-9-19(10-7-17)33(30,31)24-20-14-18(26(28)29)8-11-21(20)32-5/h6-11,14-16,24H,12-13H2,1-5H3,(H,23,27). The lowest BCUT2D eigenvalue weighted by molar-refractivity contribution is -0.384. The Morgan fingerprint density at radius 3 is 2.21 bits per heavy atom. The van der Waals surface area contributed by atoms with Crippen molar-refractivity contribution in [1.29, 1.82) is 0 Å². The third-order valence-corrected chi connectivity index (χ3v) is 6.43. The third kappa shape index (κ3) is 6.90. The van der Waals surface area contributed by atoms with E-state index in [9.17, 15) is 23.3 Å². The monoisotopic (exact) mass is 478 g/mol. The Morgan fingerprint density at radius 1 is 1.09 bits per heavy atom. The maximum Gasteiger partial charge on any atom is 0.271 e. The van der Waals surface area contributed by atoms with E-state index in [-0.39, 0.29) is 27.9 Å². The Kier molecular flexibility index (Phi) is 8.77. The van der Waals surface area contributed by atoms with Crippen LogP contribution in [-0.2, 0) is 10.0 Å². The van der Waals surface area contributed by atoms with Crippen molar-refractivity contribution in [2.45, 2.75) is 44.7 Å². The van der Waals surface area contributed by atoms with E-state index in [4.69, 9.17) is 4.74 Å². The Balaban J connectivity index is 2.10. The zero-order valence-electron chi connectivity index (χ0n) is 19.4. The highest BCUT2D eigenvalue weighted by atomic mass is 32.2. The molecule has 2 rings (SSSR count). The average molecular weight is 479 g/mol. The first-order valence-electron chi connectivity index (χ1n) is 10.5. The number of anilines is 1. The molecule has 0 atom stereocenters. The van der Waals surface area contributed by atoms with Crippen LogP contribution >= 0.6 is 0 Å². The number of methoxy groups -OCH3 is 1. The number of carbonyl (C=O) groups is 1. The summed E-state index contributed by atoms with van der Waals surface area (Å²) in [5, 5.41) is 13.9.